The molecule has 1 radical (unpaired) electrons. The lowest BCUT2D eigenvalue weighted by Crippen LogP contribution is -1.98. The molecule has 1 atom stereocenters. The topological polar surface area (TPSA) is 39.2 Å². The molecule has 0 spiro atoms. The molecule has 1 aromatic rings. The van der Waals surface area contributed by atoms with Crippen LogP contribution in [0.15, 0.2) is 18.5 Å². The van der Waals surface area contributed by atoms with Crippen LogP contribution in [0.4, 0.5) is 0 Å². The smallest absolute Gasteiger partial charge is 0.418 e. The van der Waals surface area contributed by atoms with Gasteiger partial charge in [-0.25, -0.2) is 4.79 Å². The molecule has 0 aromatic carbocycles. The number of halogens is 1. The van der Waals surface area contributed by atoms with Gasteiger partial charge in [0.05, 0.1) is 5.02 Å². The first-order valence-corrected chi connectivity index (χ1v) is 3.75. The number of rotatable bonds is 3. The highest BCUT2D eigenvalue weighted by Crippen LogP contribution is 2.17. The Labute approximate surface area is 75.3 Å². The van der Waals surface area contributed by atoms with Gasteiger partial charge in [0.2, 0.25) is 0 Å². The molecule has 0 amide bonds. The first kappa shape index (κ1) is 9.00. The van der Waals surface area contributed by atoms with Crippen LogP contribution in [0.5, 0.6) is 0 Å². The largest absolute Gasteiger partial charge is 0.449 e. The Hall–Kier alpha value is -1.09. The van der Waals surface area contributed by atoms with E-state index in [-0.39, 0.29) is 6.10 Å². The summed E-state index contributed by atoms with van der Waals surface area (Å²) in [6.07, 6.45) is 2.75. The molecule has 3 nitrogen and oxygen atoms in total. The lowest BCUT2D eigenvalue weighted by Gasteiger charge is -2.07. The molecule has 0 bridgehead atoms. The van der Waals surface area contributed by atoms with Crippen molar-refractivity contribution in [3.63, 3.8) is 0 Å². The molecule has 1 aromatic heterocycles. The van der Waals surface area contributed by atoms with Crippen molar-refractivity contribution in [1.29, 1.82) is 0 Å². The SMILES string of the molecule is CC(O[C]=O)c1cncc(Cl)c1. The molecular formula is C8H7ClNO2. The van der Waals surface area contributed by atoms with Crippen LogP contribution in [0, 0.1) is 0 Å². The molecule has 4 heteroatoms. The summed E-state index contributed by atoms with van der Waals surface area (Å²) in [5, 5.41) is 0.522. The Morgan fingerprint density at radius 3 is 3.00 bits per heavy atom. The fourth-order valence-corrected chi connectivity index (χ4v) is 0.973. The summed E-state index contributed by atoms with van der Waals surface area (Å²) in [4.78, 5) is 13.7. The molecular weight excluding hydrogens is 178 g/mol. The number of hydrogen-bond acceptors (Lipinski definition) is 3. The standard InChI is InChI=1S/C8H7ClNO2/c1-6(12-5-11)7-2-8(9)4-10-3-7/h2-4,6H,1H3. The van der Waals surface area contributed by atoms with E-state index in [0.717, 1.165) is 5.56 Å². The third-order valence-electron chi connectivity index (χ3n) is 1.42. The molecule has 0 fully saturated rings. The lowest BCUT2D eigenvalue weighted by atomic mass is 10.2. The lowest BCUT2D eigenvalue weighted by molar-refractivity contribution is 0.197. The number of pyridine rings is 1. The molecule has 1 unspecified atom stereocenters. The molecule has 12 heavy (non-hydrogen) atoms. The molecule has 0 aliphatic heterocycles. The van der Waals surface area contributed by atoms with E-state index in [1.165, 1.54) is 12.7 Å². The monoisotopic (exact) mass is 184 g/mol. The highest BCUT2D eigenvalue weighted by atomic mass is 35.5. The van der Waals surface area contributed by atoms with Crippen molar-refractivity contribution in [2.75, 3.05) is 0 Å². The van der Waals surface area contributed by atoms with Crippen LogP contribution in [0.1, 0.15) is 18.6 Å². The van der Waals surface area contributed by atoms with Crippen LogP contribution in [0.2, 0.25) is 5.02 Å². The Morgan fingerprint density at radius 1 is 1.67 bits per heavy atom. The molecule has 0 N–H and O–H groups in total. The van der Waals surface area contributed by atoms with Gasteiger partial charge < -0.3 is 4.74 Å². The zero-order valence-corrected chi connectivity index (χ0v) is 7.21. The molecule has 0 aliphatic rings. The first-order valence-electron chi connectivity index (χ1n) is 3.37. The van der Waals surface area contributed by atoms with E-state index in [2.05, 4.69) is 9.72 Å². The third-order valence-corrected chi connectivity index (χ3v) is 1.63. The molecule has 0 saturated heterocycles. The van der Waals surface area contributed by atoms with Crippen molar-refractivity contribution in [1.82, 2.24) is 4.98 Å². The van der Waals surface area contributed by atoms with E-state index in [4.69, 9.17) is 11.6 Å². The van der Waals surface area contributed by atoms with E-state index >= 15 is 0 Å². The molecule has 63 valence electrons. The van der Waals surface area contributed by atoms with Crippen LogP contribution in [0.3, 0.4) is 0 Å². The van der Waals surface area contributed by atoms with E-state index in [9.17, 15) is 4.79 Å². The van der Waals surface area contributed by atoms with E-state index in [0.29, 0.717) is 5.02 Å². The summed E-state index contributed by atoms with van der Waals surface area (Å²) in [6, 6.07) is 1.69. The van der Waals surface area contributed by atoms with Gasteiger partial charge in [-0.2, -0.15) is 0 Å². The molecule has 1 heterocycles. The normalized spacial score (nSPS) is 12.2. The second kappa shape index (κ2) is 4.07. The van der Waals surface area contributed by atoms with Gasteiger partial charge in [-0.1, -0.05) is 11.6 Å². The Balaban J connectivity index is 2.80. The predicted molar refractivity (Wildman–Crippen MR) is 44.4 cm³/mol. The zero-order chi connectivity index (χ0) is 8.97. The van der Waals surface area contributed by atoms with Crippen molar-refractivity contribution in [3.8, 4) is 0 Å². The average Bonchev–Trinajstić information content (AvgIpc) is 2.05. The van der Waals surface area contributed by atoms with Gasteiger partial charge in [0.25, 0.3) is 0 Å². The highest BCUT2D eigenvalue weighted by Gasteiger charge is 2.06. The minimum absolute atomic E-state index is 0.353. The molecule has 0 saturated carbocycles. The van der Waals surface area contributed by atoms with E-state index in [1.54, 1.807) is 19.2 Å². The Bertz CT molecular complexity index is 278. The summed E-state index contributed by atoms with van der Waals surface area (Å²) in [5.74, 6) is 0. The predicted octanol–water partition coefficient (Wildman–Crippen LogP) is 1.88. The van der Waals surface area contributed by atoms with Crippen molar-refractivity contribution in [2.24, 2.45) is 0 Å². The van der Waals surface area contributed by atoms with E-state index in [1.807, 2.05) is 0 Å². The van der Waals surface area contributed by atoms with Crippen LogP contribution in [-0.2, 0) is 9.53 Å². The molecule has 1 rings (SSSR count). The molecule has 0 aliphatic carbocycles. The number of hydrogen-bond donors (Lipinski definition) is 0. The summed E-state index contributed by atoms with van der Waals surface area (Å²) in [7, 11) is 0. The Morgan fingerprint density at radius 2 is 2.42 bits per heavy atom. The maximum atomic E-state index is 9.87. The number of carbonyl (C=O) groups excluding carboxylic acids is 1. The fraction of sp³-hybridized carbons (Fsp3) is 0.250. The van der Waals surface area contributed by atoms with Crippen molar-refractivity contribution >= 4 is 18.1 Å². The van der Waals surface area contributed by atoms with Crippen molar-refractivity contribution in [3.05, 3.63) is 29.0 Å². The number of aromatic nitrogens is 1. The fourth-order valence-electron chi connectivity index (χ4n) is 0.791. The average molecular weight is 185 g/mol. The quantitative estimate of drug-likeness (QED) is 0.720. The maximum Gasteiger partial charge on any atom is 0.418 e. The first-order chi connectivity index (χ1) is 5.74. The van der Waals surface area contributed by atoms with Gasteiger partial charge in [0.15, 0.2) is 0 Å². The van der Waals surface area contributed by atoms with Gasteiger partial charge in [-0.3, -0.25) is 4.98 Å². The van der Waals surface area contributed by atoms with Gasteiger partial charge in [0, 0.05) is 18.0 Å². The van der Waals surface area contributed by atoms with E-state index < -0.39 is 0 Å². The second-order valence-electron chi connectivity index (χ2n) is 2.28. The van der Waals surface area contributed by atoms with Crippen LogP contribution >= 0.6 is 11.6 Å². The minimum Gasteiger partial charge on any atom is -0.449 e. The van der Waals surface area contributed by atoms with Crippen molar-refractivity contribution < 1.29 is 9.53 Å². The maximum absolute atomic E-state index is 9.87. The summed E-state index contributed by atoms with van der Waals surface area (Å²) < 4.78 is 4.58. The summed E-state index contributed by atoms with van der Waals surface area (Å²) >= 11 is 5.67. The summed E-state index contributed by atoms with van der Waals surface area (Å²) in [5.41, 5.74) is 0.755. The Kier molecular flexibility index (Phi) is 3.05. The van der Waals surface area contributed by atoms with Gasteiger partial charge >= 0.3 is 6.47 Å². The number of nitrogens with zero attached hydrogens (tertiary/aromatic N) is 1. The highest BCUT2D eigenvalue weighted by molar-refractivity contribution is 6.30. The number of ether oxygens (including phenoxy) is 1. The summed E-state index contributed by atoms with van der Waals surface area (Å²) in [6.45, 7) is 3.09. The van der Waals surface area contributed by atoms with Gasteiger partial charge in [-0.05, 0) is 13.0 Å². The van der Waals surface area contributed by atoms with Crippen LogP contribution < -0.4 is 0 Å². The van der Waals surface area contributed by atoms with Gasteiger partial charge in [-0.15, -0.1) is 0 Å². The van der Waals surface area contributed by atoms with Gasteiger partial charge in [0.1, 0.15) is 6.10 Å². The van der Waals surface area contributed by atoms with Crippen LogP contribution in [0.25, 0.3) is 0 Å². The zero-order valence-electron chi connectivity index (χ0n) is 6.45. The van der Waals surface area contributed by atoms with Crippen LogP contribution in [-0.4, -0.2) is 11.5 Å². The third kappa shape index (κ3) is 2.20. The van der Waals surface area contributed by atoms with Crippen molar-refractivity contribution in [2.45, 2.75) is 13.0 Å². The minimum atomic E-state index is -0.353. The second-order valence-corrected chi connectivity index (χ2v) is 2.72.